The van der Waals surface area contributed by atoms with Gasteiger partial charge in [0.05, 0.1) is 11.7 Å². The molecule has 1 aliphatic rings. The fraction of sp³-hybridized carbons (Fsp3) is 0.500. The molecule has 18 heavy (non-hydrogen) atoms. The summed E-state index contributed by atoms with van der Waals surface area (Å²) in [6, 6.07) is 8.48. The number of rotatable bonds is 4. The van der Waals surface area contributed by atoms with Crippen LogP contribution in [0.1, 0.15) is 25.8 Å². The highest BCUT2D eigenvalue weighted by Gasteiger charge is 2.26. The van der Waals surface area contributed by atoms with Crippen molar-refractivity contribution < 1.29 is 4.74 Å². The van der Waals surface area contributed by atoms with Crippen molar-refractivity contribution >= 4 is 23.5 Å². The van der Waals surface area contributed by atoms with Gasteiger partial charge in [-0.1, -0.05) is 13.0 Å². The fourth-order valence-corrected chi connectivity index (χ4v) is 4.12. The van der Waals surface area contributed by atoms with Gasteiger partial charge in [-0.2, -0.15) is 5.26 Å². The van der Waals surface area contributed by atoms with Gasteiger partial charge in [0, 0.05) is 21.6 Å². The molecule has 0 N–H and O–H groups in total. The first-order chi connectivity index (χ1) is 8.76. The highest BCUT2D eigenvalue weighted by molar-refractivity contribution is 8.00. The maximum atomic E-state index is 9.36. The van der Waals surface area contributed by atoms with Crippen LogP contribution in [0.15, 0.2) is 28.0 Å². The Hall–Kier alpha value is -0.630. The molecular formula is C14H17NOS2. The van der Waals surface area contributed by atoms with Gasteiger partial charge in [-0.3, -0.25) is 0 Å². The molecule has 0 bridgehead atoms. The molecule has 2 nitrogen and oxygen atoms in total. The summed E-state index contributed by atoms with van der Waals surface area (Å²) >= 11 is 3.52. The van der Waals surface area contributed by atoms with Crippen molar-refractivity contribution in [1.29, 1.82) is 5.26 Å². The minimum Gasteiger partial charge on any atom is -0.377 e. The molecule has 0 amide bonds. The van der Waals surface area contributed by atoms with Crippen molar-refractivity contribution in [2.75, 3.05) is 12.4 Å². The summed E-state index contributed by atoms with van der Waals surface area (Å²) < 4.78 is 5.58. The first-order valence-corrected chi connectivity index (χ1v) is 8.07. The maximum absolute atomic E-state index is 9.36. The van der Waals surface area contributed by atoms with Crippen molar-refractivity contribution in [2.24, 2.45) is 0 Å². The topological polar surface area (TPSA) is 33.0 Å². The lowest BCUT2D eigenvalue weighted by molar-refractivity contribution is 0.127. The second-order valence-corrected chi connectivity index (χ2v) is 6.78. The first kappa shape index (κ1) is 13.8. The van der Waals surface area contributed by atoms with E-state index in [1.807, 2.05) is 18.2 Å². The van der Waals surface area contributed by atoms with E-state index in [2.05, 4.69) is 19.9 Å². The molecule has 0 saturated carbocycles. The summed E-state index contributed by atoms with van der Waals surface area (Å²) in [4.78, 5) is 2.19. The molecule has 1 heterocycles. The Kier molecular flexibility index (Phi) is 4.99. The van der Waals surface area contributed by atoms with E-state index in [0.29, 0.717) is 5.25 Å². The third-order valence-corrected chi connectivity index (χ3v) is 5.44. The standard InChI is InChI=1S/C14H17NOS2/c1-3-17-13-5-4-6-14(11(13)9-15)18-12-7-8-16-10(12)2/h4-6,10,12H,3,7-8H2,1-2H3. The van der Waals surface area contributed by atoms with Crippen LogP contribution in [0.2, 0.25) is 0 Å². The van der Waals surface area contributed by atoms with Crippen LogP contribution in [0.5, 0.6) is 0 Å². The quantitative estimate of drug-likeness (QED) is 0.782. The van der Waals surface area contributed by atoms with Gasteiger partial charge in [-0.25, -0.2) is 0 Å². The number of nitriles is 1. The van der Waals surface area contributed by atoms with Crippen molar-refractivity contribution in [1.82, 2.24) is 0 Å². The molecule has 1 fully saturated rings. The summed E-state index contributed by atoms with van der Waals surface area (Å²) in [5.74, 6) is 0.992. The Labute approximate surface area is 117 Å². The minimum absolute atomic E-state index is 0.282. The van der Waals surface area contributed by atoms with E-state index in [0.717, 1.165) is 34.1 Å². The van der Waals surface area contributed by atoms with Gasteiger partial charge in [-0.15, -0.1) is 23.5 Å². The molecule has 0 aromatic heterocycles. The normalized spacial score (nSPS) is 22.9. The molecule has 2 atom stereocenters. The van der Waals surface area contributed by atoms with Gasteiger partial charge < -0.3 is 4.74 Å². The van der Waals surface area contributed by atoms with Gasteiger partial charge in [-0.05, 0) is 31.2 Å². The van der Waals surface area contributed by atoms with Gasteiger partial charge in [0.15, 0.2) is 0 Å². The lowest BCUT2D eigenvalue weighted by Gasteiger charge is -2.15. The van der Waals surface area contributed by atoms with E-state index in [4.69, 9.17) is 4.74 Å². The molecule has 2 unspecified atom stereocenters. The summed E-state index contributed by atoms with van der Waals surface area (Å²) in [5.41, 5.74) is 0.827. The third kappa shape index (κ3) is 3.03. The SMILES string of the molecule is CCSc1cccc(SC2CCOC2C)c1C#N. The lowest BCUT2D eigenvalue weighted by atomic mass is 10.2. The zero-order valence-corrected chi connectivity index (χ0v) is 12.3. The number of hydrogen-bond donors (Lipinski definition) is 0. The highest BCUT2D eigenvalue weighted by atomic mass is 32.2. The van der Waals surface area contributed by atoms with Gasteiger partial charge in [0.2, 0.25) is 0 Å². The Morgan fingerprint density at radius 3 is 2.83 bits per heavy atom. The number of ether oxygens (including phenoxy) is 1. The molecule has 1 saturated heterocycles. The Balaban J connectivity index is 2.22. The summed E-state index contributed by atoms with van der Waals surface area (Å²) in [7, 11) is 0. The van der Waals surface area contributed by atoms with Crippen molar-refractivity contribution in [3.63, 3.8) is 0 Å². The molecule has 1 aromatic rings. The number of benzene rings is 1. The van der Waals surface area contributed by atoms with Crippen molar-refractivity contribution in [3.8, 4) is 6.07 Å². The molecule has 1 aliphatic heterocycles. The van der Waals surface area contributed by atoms with Crippen LogP contribution in [0.4, 0.5) is 0 Å². The predicted molar refractivity (Wildman–Crippen MR) is 77.2 cm³/mol. The number of hydrogen-bond acceptors (Lipinski definition) is 4. The van der Waals surface area contributed by atoms with Crippen molar-refractivity contribution in [3.05, 3.63) is 23.8 Å². The second kappa shape index (κ2) is 6.51. The average molecular weight is 279 g/mol. The molecular weight excluding hydrogens is 262 g/mol. The Morgan fingerprint density at radius 1 is 1.44 bits per heavy atom. The largest absolute Gasteiger partial charge is 0.377 e. The van der Waals surface area contributed by atoms with E-state index >= 15 is 0 Å². The monoisotopic (exact) mass is 279 g/mol. The van der Waals surface area contributed by atoms with Crippen LogP contribution >= 0.6 is 23.5 Å². The molecule has 96 valence electrons. The first-order valence-electron chi connectivity index (χ1n) is 6.20. The van der Waals surface area contributed by atoms with Crippen LogP contribution in [0, 0.1) is 11.3 Å². The minimum atomic E-state index is 0.282. The molecule has 2 rings (SSSR count). The van der Waals surface area contributed by atoms with Gasteiger partial charge >= 0.3 is 0 Å². The summed E-state index contributed by atoms with van der Waals surface area (Å²) in [6.45, 7) is 5.06. The molecule has 1 aromatic carbocycles. The zero-order chi connectivity index (χ0) is 13.0. The Morgan fingerprint density at radius 2 is 2.22 bits per heavy atom. The van der Waals surface area contributed by atoms with Gasteiger partial charge in [0.1, 0.15) is 6.07 Å². The van der Waals surface area contributed by atoms with E-state index < -0.39 is 0 Å². The highest BCUT2D eigenvalue weighted by Crippen LogP contribution is 2.37. The smallest absolute Gasteiger partial charge is 0.101 e. The summed E-state index contributed by atoms with van der Waals surface area (Å²) in [5, 5.41) is 9.83. The van der Waals surface area contributed by atoms with Crippen LogP contribution in [0.25, 0.3) is 0 Å². The second-order valence-electron chi connectivity index (χ2n) is 4.19. The third-order valence-electron chi connectivity index (χ3n) is 2.98. The van der Waals surface area contributed by atoms with Crippen LogP contribution in [-0.2, 0) is 4.74 Å². The van der Waals surface area contributed by atoms with Crippen molar-refractivity contribution in [2.45, 2.75) is 41.4 Å². The van der Waals surface area contributed by atoms with E-state index in [9.17, 15) is 5.26 Å². The fourth-order valence-electron chi connectivity index (χ4n) is 2.03. The number of thioether (sulfide) groups is 2. The predicted octanol–water partition coefficient (Wildman–Crippen LogP) is 3.94. The number of nitrogens with zero attached hydrogens (tertiary/aromatic N) is 1. The molecule has 0 aliphatic carbocycles. The maximum Gasteiger partial charge on any atom is 0.101 e. The molecule has 4 heteroatoms. The van der Waals surface area contributed by atoms with E-state index in [1.165, 1.54) is 0 Å². The van der Waals surface area contributed by atoms with Gasteiger partial charge in [0.25, 0.3) is 0 Å². The molecule has 0 spiro atoms. The Bertz CT molecular complexity index is 456. The molecule has 0 radical (unpaired) electrons. The zero-order valence-electron chi connectivity index (χ0n) is 10.7. The lowest BCUT2D eigenvalue weighted by Crippen LogP contribution is -2.13. The van der Waals surface area contributed by atoms with E-state index in [-0.39, 0.29) is 6.10 Å². The van der Waals surface area contributed by atoms with Crippen LogP contribution < -0.4 is 0 Å². The van der Waals surface area contributed by atoms with Crippen LogP contribution in [-0.4, -0.2) is 23.7 Å². The van der Waals surface area contributed by atoms with E-state index in [1.54, 1.807) is 23.5 Å². The average Bonchev–Trinajstić information content (AvgIpc) is 2.76. The summed E-state index contributed by atoms with van der Waals surface area (Å²) in [6.07, 6.45) is 1.35. The van der Waals surface area contributed by atoms with Crippen LogP contribution in [0.3, 0.4) is 0 Å².